The molecule has 2 saturated carbocycles. The molecule has 8 rings (SSSR count). The average Bonchev–Trinajstić information content (AvgIpc) is 3.18. The molecule has 39 heavy (non-hydrogen) atoms. The summed E-state index contributed by atoms with van der Waals surface area (Å²) in [6.45, 7) is 5.46. The number of pyridine rings is 1. The standard InChI is InChI=1S/C31H37N7O.H2/c1-19-12-31(13-19,30-34-32-18-36(30)3)21-5-4-6-23(9-21)38-17-27(20-7-8-20)26-10-22(33-28(26)29(38)39)14-37-16-24-11-25(37)15-35(24)2;/h4-6,9-10,17-20,24-25,33H,7-8,11-16H2,1-3H3;1H/t19?,24-,25-,31?;/m0./s1. The van der Waals surface area contributed by atoms with Gasteiger partial charge in [0.25, 0.3) is 5.56 Å². The number of fused-ring (bicyclic) bond motifs is 3. The van der Waals surface area contributed by atoms with Gasteiger partial charge in [-0.15, -0.1) is 10.2 Å². The van der Waals surface area contributed by atoms with E-state index in [1.807, 2.05) is 16.2 Å². The Kier molecular flexibility index (Phi) is 5.08. The molecule has 4 aliphatic rings. The van der Waals surface area contributed by atoms with Crippen molar-refractivity contribution in [3.8, 4) is 5.69 Å². The van der Waals surface area contributed by atoms with E-state index in [1.54, 1.807) is 6.33 Å². The van der Waals surface area contributed by atoms with Crippen molar-refractivity contribution in [1.82, 2.24) is 34.1 Å². The van der Waals surface area contributed by atoms with Gasteiger partial charge in [-0.3, -0.25) is 14.3 Å². The molecule has 8 nitrogen and oxygen atoms in total. The van der Waals surface area contributed by atoms with Gasteiger partial charge in [-0.05, 0) is 80.3 Å². The van der Waals surface area contributed by atoms with Crippen LogP contribution in [0.25, 0.3) is 16.6 Å². The maximum Gasteiger partial charge on any atom is 0.279 e. The van der Waals surface area contributed by atoms with Crippen LogP contribution in [0, 0.1) is 5.92 Å². The fraction of sp³-hybridized carbons (Fsp3) is 0.516. The number of nitrogens with one attached hydrogen (secondary N) is 1. The molecule has 0 spiro atoms. The number of hydrogen-bond donors (Lipinski definition) is 1. The lowest BCUT2D eigenvalue weighted by Crippen LogP contribution is -2.43. The number of likely N-dealkylation sites (tertiary alicyclic amines) is 2. The summed E-state index contributed by atoms with van der Waals surface area (Å²) >= 11 is 0. The third-order valence-electron chi connectivity index (χ3n) is 10.1. The first-order valence-electron chi connectivity index (χ1n) is 14.6. The summed E-state index contributed by atoms with van der Waals surface area (Å²) in [5.41, 5.74) is 5.25. The highest BCUT2D eigenvalue weighted by Gasteiger charge is 2.48. The van der Waals surface area contributed by atoms with Gasteiger partial charge >= 0.3 is 0 Å². The minimum Gasteiger partial charge on any atom is -0.353 e. The van der Waals surface area contributed by atoms with Crippen molar-refractivity contribution in [2.45, 2.75) is 69.0 Å². The molecular formula is C31H39N7O. The maximum absolute atomic E-state index is 14.0. The first kappa shape index (κ1) is 23.6. The van der Waals surface area contributed by atoms with Crippen molar-refractivity contribution in [1.29, 1.82) is 0 Å². The molecule has 1 aromatic carbocycles. The van der Waals surface area contributed by atoms with Gasteiger partial charge in [-0.2, -0.15) is 0 Å². The molecule has 2 aliphatic heterocycles. The minimum absolute atomic E-state index is 0. The summed E-state index contributed by atoms with van der Waals surface area (Å²) in [6.07, 6.45) is 9.66. The molecule has 8 heteroatoms. The van der Waals surface area contributed by atoms with Crippen LogP contribution in [0.15, 0.2) is 47.7 Å². The lowest BCUT2D eigenvalue weighted by molar-refractivity contribution is 0.142. The molecule has 204 valence electrons. The lowest BCUT2D eigenvalue weighted by atomic mass is 9.58. The Morgan fingerprint density at radius 1 is 1.13 bits per heavy atom. The summed E-state index contributed by atoms with van der Waals surface area (Å²) in [5.74, 6) is 2.18. The number of nitrogens with zero attached hydrogens (tertiary/aromatic N) is 6. The number of piperazine rings is 1. The smallest absolute Gasteiger partial charge is 0.279 e. The Morgan fingerprint density at radius 2 is 1.97 bits per heavy atom. The Morgan fingerprint density at radius 3 is 2.64 bits per heavy atom. The van der Waals surface area contributed by atoms with E-state index in [9.17, 15) is 4.79 Å². The van der Waals surface area contributed by atoms with E-state index < -0.39 is 0 Å². The molecular weight excluding hydrogens is 486 g/mol. The van der Waals surface area contributed by atoms with E-state index in [1.165, 1.54) is 30.4 Å². The highest BCUT2D eigenvalue weighted by molar-refractivity contribution is 5.84. The molecule has 0 radical (unpaired) electrons. The van der Waals surface area contributed by atoms with Gasteiger partial charge < -0.3 is 14.5 Å². The Hall–Kier alpha value is -3.23. The molecule has 3 aromatic heterocycles. The third-order valence-corrected chi connectivity index (χ3v) is 10.1. The number of benzene rings is 1. The normalized spacial score (nSPS) is 28.9. The van der Waals surface area contributed by atoms with Crippen LogP contribution in [0.2, 0.25) is 0 Å². The van der Waals surface area contributed by atoms with E-state index in [0.29, 0.717) is 23.9 Å². The topological polar surface area (TPSA) is 75.0 Å². The molecule has 4 aromatic rings. The van der Waals surface area contributed by atoms with Crippen LogP contribution < -0.4 is 5.56 Å². The quantitative estimate of drug-likeness (QED) is 0.409. The van der Waals surface area contributed by atoms with Crippen LogP contribution in [-0.2, 0) is 19.0 Å². The molecule has 0 amide bonds. The van der Waals surface area contributed by atoms with E-state index in [-0.39, 0.29) is 12.4 Å². The predicted molar refractivity (Wildman–Crippen MR) is 153 cm³/mol. The Labute approximate surface area is 230 Å². The minimum atomic E-state index is -0.156. The lowest BCUT2D eigenvalue weighted by Gasteiger charge is -2.46. The second-order valence-electron chi connectivity index (χ2n) is 12.9. The SMILES string of the molecule is CC1CC(c2cccc(-n3cc(C4CC4)c4cc(CN5C[C@@H]6C[C@H]5CN6C)[nH]c4c3=O)c2)(c2nncn2C)C1.[HH]. The van der Waals surface area contributed by atoms with Crippen LogP contribution in [-0.4, -0.2) is 66.3 Å². The monoisotopic (exact) mass is 525 g/mol. The molecule has 2 aliphatic carbocycles. The summed E-state index contributed by atoms with van der Waals surface area (Å²) in [4.78, 5) is 22.7. The third kappa shape index (κ3) is 3.61. The van der Waals surface area contributed by atoms with Crippen LogP contribution in [0.3, 0.4) is 0 Å². The zero-order valence-electron chi connectivity index (χ0n) is 23.1. The number of aromatic amines is 1. The molecule has 2 atom stereocenters. The first-order chi connectivity index (χ1) is 18.9. The fourth-order valence-corrected chi connectivity index (χ4v) is 8.00. The number of H-pyrrole nitrogens is 1. The van der Waals surface area contributed by atoms with Gasteiger partial charge in [0.15, 0.2) is 0 Å². The van der Waals surface area contributed by atoms with Crippen molar-refractivity contribution in [2.75, 3.05) is 20.1 Å². The van der Waals surface area contributed by atoms with E-state index in [2.05, 4.69) is 75.5 Å². The zero-order chi connectivity index (χ0) is 26.5. The Balaban J connectivity index is 0.00000264. The molecule has 2 bridgehead atoms. The number of likely N-dealkylation sites (N-methyl/N-ethyl adjacent to an activating group) is 1. The molecule has 4 fully saturated rings. The van der Waals surface area contributed by atoms with Gasteiger partial charge in [0.1, 0.15) is 17.7 Å². The Bertz CT molecular complexity index is 1640. The summed E-state index contributed by atoms with van der Waals surface area (Å²) in [7, 11) is 4.27. The average molecular weight is 526 g/mol. The van der Waals surface area contributed by atoms with Crippen LogP contribution in [0.1, 0.15) is 69.0 Å². The summed E-state index contributed by atoms with van der Waals surface area (Å²) in [6, 6.07) is 12.1. The highest BCUT2D eigenvalue weighted by Crippen LogP contribution is 2.51. The largest absolute Gasteiger partial charge is 0.353 e. The van der Waals surface area contributed by atoms with Crippen molar-refractivity contribution < 1.29 is 1.43 Å². The number of hydrogen-bond acceptors (Lipinski definition) is 5. The molecule has 5 heterocycles. The summed E-state index contributed by atoms with van der Waals surface area (Å²) in [5, 5.41) is 9.83. The number of aryl methyl sites for hydroxylation is 1. The predicted octanol–water partition coefficient (Wildman–Crippen LogP) is 4.18. The molecule has 0 unspecified atom stereocenters. The maximum atomic E-state index is 14.0. The molecule has 2 saturated heterocycles. The molecule has 1 N–H and O–H groups in total. The van der Waals surface area contributed by atoms with Gasteiger partial charge in [0, 0.05) is 63.2 Å². The van der Waals surface area contributed by atoms with E-state index >= 15 is 0 Å². The number of aromatic nitrogens is 5. The first-order valence-corrected chi connectivity index (χ1v) is 14.6. The van der Waals surface area contributed by atoms with Crippen molar-refractivity contribution in [2.24, 2.45) is 13.0 Å². The fourth-order valence-electron chi connectivity index (χ4n) is 8.00. The zero-order valence-corrected chi connectivity index (χ0v) is 23.1. The van der Waals surface area contributed by atoms with Gasteiger partial charge in [0.2, 0.25) is 0 Å². The van der Waals surface area contributed by atoms with Crippen molar-refractivity contribution in [3.63, 3.8) is 0 Å². The van der Waals surface area contributed by atoms with Gasteiger partial charge in [0.05, 0.1) is 5.41 Å². The number of rotatable bonds is 6. The van der Waals surface area contributed by atoms with Crippen LogP contribution in [0.5, 0.6) is 0 Å². The summed E-state index contributed by atoms with van der Waals surface area (Å²) < 4.78 is 3.94. The second kappa shape index (κ2) is 8.38. The van der Waals surface area contributed by atoms with Crippen LogP contribution in [0.4, 0.5) is 0 Å². The van der Waals surface area contributed by atoms with Crippen molar-refractivity contribution >= 4 is 10.9 Å². The highest BCUT2D eigenvalue weighted by atomic mass is 16.1. The van der Waals surface area contributed by atoms with Gasteiger partial charge in [-0.1, -0.05) is 19.1 Å². The second-order valence-corrected chi connectivity index (χ2v) is 12.9. The van der Waals surface area contributed by atoms with Crippen LogP contribution >= 0.6 is 0 Å². The van der Waals surface area contributed by atoms with E-state index in [0.717, 1.165) is 60.6 Å². The van der Waals surface area contributed by atoms with E-state index in [4.69, 9.17) is 0 Å². The van der Waals surface area contributed by atoms with Crippen molar-refractivity contribution in [3.05, 3.63) is 75.9 Å². The van der Waals surface area contributed by atoms with Gasteiger partial charge in [-0.25, -0.2) is 0 Å².